The number of aliphatic hydroxyl groups excluding tert-OH is 1. The minimum absolute atomic E-state index is 0.0383. The molecule has 0 unspecified atom stereocenters. The Kier molecular flexibility index (Phi) is 5.43. The van der Waals surface area contributed by atoms with Gasteiger partial charge in [-0.15, -0.1) is 0 Å². The number of hydrogen-bond acceptors (Lipinski definition) is 4. The molecule has 1 saturated carbocycles. The van der Waals surface area contributed by atoms with Crippen LogP contribution in [-0.4, -0.2) is 32.8 Å². The Balaban J connectivity index is 1.37. The number of hydrogen-bond donors (Lipinski definition) is 2. The SMILES string of the molecule is CC(C)(C)c1c(F)cc(OC2CC(NC(=O)c3cnn4c(CO)cccc34)C2)cc1F. The maximum atomic E-state index is 14.4. The summed E-state index contributed by atoms with van der Waals surface area (Å²) in [7, 11) is 0. The minimum Gasteiger partial charge on any atom is -0.490 e. The van der Waals surface area contributed by atoms with Crippen LogP contribution >= 0.6 is 0 Å². The third kappa shape index (κ3) is 4.12. The number of amides is 1. The van der Waals surface area contributed by atoms with Gasteiger partial charge in [-0.1, -0.05) is 26.8 Å². The molecule has 164 valence electrons. The van der Waals surface area contributed by atoms with Crippen LogP contribution in [0.1, 0.15) is 55.2 Å². The highest BCUT2D eigenvalue weighted by atomic mass is 19.1. The molecule has 1 fully saturated rings. The smallest absolute Gasteiger partial charge is 0.255 e. The van der Waals surface area contributed by atoms with Crippen LogP contribution < -0.4 is 10.1 Å². The van der Waals surface area contributed by atoms with Gasteiger partial charge < -0.3 is 15.2 Å². The molecule has 2 N–H and O–H groups in total. The summed E-state index contributed by atoms with van der Waals surface area (Å²) in [6.45, 7) is 5.08. The number of rotatable bonds is 5. The van der Waals surface area contributed by atoms with Crippen molar-refractivity contribution in [2.24, 2.45) is 0 Å². The zero-order chi connectivity index (χ0) is 22.3. The molecule has 0 radical (unpaired) electrons. The highest BCUT2D eigenvalue weighted by molar-refractivity contribution is 6.00. The van der Waals surface area contributed by atoms with E-state index in [9.17, 15) is 18.7 Å². The Hall–Kier alpha value is -3.00. The van der Waals surface area contributed by atoms with Crippen molar-refractivity contribution < 1.29 is 23.4 Å². The Bertz CT molecular complexity index is 1110. The maximum absolute atomic E-state index is 14.4. The van der Waals surface area contributed by atoms with Crippen LogP contribution in [0.15, 0.2) is 36.5 Å². The zero-order valence-electron chi connectivity index (χ0n) is 17.7. The first-order valence-electron chi connectivity index (χ1n) is 10.2. The minimum atomic E-state index is -0.644. The van der Waals surface area contributed by atoms with E-state index < -0.39 is 17.0 Å². The molecule has 4 rings (SSSR count). The van der Waals surface area contributed by atoms with Crippen molar-refractivity contribution in [2.75, 3.05) is 0 Å². The number of aromatic nitrogens is 2. The van der Waals surface area contributed by atoms with E-state index in [0.29, 0.717) is 29.6 Å². The summed E-state index contributed by atoms with van der Waals surface area (Å²) in [4.78, 5) is 12.6. The van der Waals surface area contributed by atoms with Gasteiger partial charge >= 0.3 is 0 Å². The van der Waals surface area contributed by atoms with Gasteiger partial charge in [-0.05, 0) is 17.5 Å². The third-order valence-corrected chi connectivity index (χ3v) is 5.53. The van der Waals surface area contributed by atoms with Crippen LogP contribution in [0.25, 0.3) is 5.52 Å². The summed E-state index contributed by atoms with van der Waals surface area (Å²) >= 11 is 0. The second-order valence-corrected chi connectivity index (χ2v) is 8.92. The predicted octanol–water partition coefficient (Wildman–Crippen LogP) is 3.74. The maximum Gasteiger partial charge on any atom is 0.255 e. The van der Waals surface area contributed by atoms with Crippen molar-refractivity contribution in [2.45, 2.75) is 57.8 Å². The number of fused-ring (bicyclic) bond motifs is 1. The number of nitrogens with zero attached hydrogens (tertiary/aromatic N) is 2. The van der Waals surface area contributed by atoms with Crippen LogP contribution in [0.4, 0.5) is 8.78 Å². The summed E-state index contributed by atoms with van der Waals surface area (Å²) in [6.07, 6.45) is 2.32. The number of ether oxygens (including phenoxy) is 1. The molecule has 1 aliphatic carbocycles. The normalized spacial score (nSPS) is 18.6. The average molecular weight is 429 g/mol. The van der Waals surface area contributed by atoms with E-state index in [0.717, 1.165) is 0 Å². The highest BCUT2D eigenvalue weighted by Crippen LogP contribution is 2.33. The Morgan fingerprint density at radius 2 is 1.94 bits per heavy atom. The molecule has 31 heavy (non-hydrogen) atoms. The lowest BCUT2D eigenvalue weighted by molar-refractivity contribution is 0.0699. The van der Waals surface area contributed by atoms with Gasteiger partial charge in [-0.25, -0.2) is 13.3 Å². The molecule has 2 aromatic heterocycles. The van der Waals surface area contributed by atoms with Crippen molar-refractivity contribution in [3.8, 4) is 5.75 Å². The molecule has 1 aliphatic rings. The number of carbonyl (C=O) groups excluding carboxylic acids is 1. The number of pyridine rings is 1. The summed E-state index contributed by atoms with van der Waals surface area (Å²) in [5, 5.41) is 16.5. The van der Waals surface area contributed by atoms with Gasteiger partial charge in [-0.3, -0.25) is 4.79 Å². The molecule has 0 atom stereocenters. The van der Waals surface area contributed by atoms with Crippen LogP contribution in [0.5, 0.6) is 5.75 Å². The fourth-order valence-corrected chi connectivity index (χ4v) is 3.93. The fraction of sp³-hybridized carbons (Fsp3) is 0.391. The second-order valence-electron chi connectivity index (χ2n) is 8.92. The molecule has 0 saturated heterocycles. The lowest BCUT2D eigenvalue weighted by atomic mass is 9.86. The second kappa shape index (κ2) is 7.92. The number of halogens is 2. The van der Waals surface area contributed by atoms with Gasteiger partial charge in [0.15, 0.2) is 0 Å². The molecule has 1 amide bonds. The van der Waals surface area contributed by atoms with Crippen molar-refractivity contribution in [3.05, 3.63) is 65.0 Å². The molecular weight excluding hydrogens is 404 g/mol. The summed E-state index contributed by atoms with van der Waals surface area (Å²) in [5.74, 6) is -1.36. The summed E-state index contributed by atoms with van der Waals surface area (Å²) in [6, 6.07) is 7.58. The van der Waals surface area contributed by atoms with Gasteiger partial charge in [0.25, 0.3) is 5.91 Å². The molecule has 0 spiro atoms. The number of carbonyl (C=O) groups is 1. The molecule has 0 bridgehead atoms. The highest BCUT2D eigenvalue weighted by Gasteiger charge is 2.33. The molecule has 8 heteroatoms. The van der Waals surface area contributed by atoms with E-state index in [1.807, 2.05) is 0 Å². The largest absolute Gasteiger partial charge is 0.490 e. The van der Waals surface area contributed by atoms with E-state index in [4.69, 9.17) is 4.74 Å². The molecule has 3 aromatic rings. The number of aliphatic hydroxyl groups is 1. The summed E-state index contributed by atoms with van der Waals surface area (Å²) in [5.41, 5.74) is 1.01. The van der Waals surface area contributed by atoms with Crippen LogP contribution in [0, 0.1) is 11.6 Å². The third-order valence-electron chi connectivity index (χ3n) is 5.53. The van der Waals surface area contributed by atoms with Crippen molar-refractivity contribution in [1.29, 1.82) is 0 Å². The topological polar surface area (TPSA) is 75.9 Å². The van der Waals surface area contributed by atoms with Gasteiger partial charge in [0.2, 0.25) is 0 Å². The molecule has 0 aliphatic heterocycles. The van der Waals surface area contributed by atoms with E-state index in [-0.39, 0.29) is 36.0 Å². The first-order valence-corrected chi connectivity index (χ1v) is 10.2. The van der Waals surface area contributed by atoms with Gasteiger partial charge in [-0.2, -0.15) is 5.10 Å². The number of benzene rings is 1. The van der Waals surface area contributed by atoms with E-state index >= 15 is 0 Å². The standard InChI is InChI=1S/C23H25F2N3O3/c1-23(2,3)21-18(24)9-16(10-19(21)25)31-15-7-13(8-15)27-22(30)17-11-26-28-14(12-29)5-4-6-20(17)28/h4-6,9-11,13,15,29H,7-8,12H2,1-3H3,(H,27,30). The Labute approximate surface area is 178 Å². The van der Waals surface area contributed by atoms with Gasteiger partial charge in [0.05, 0.1) is 29.6 Å². The average Bonchev–Trinajstić information content (AvgIpc) is 3.08. The van der Waals surface area contributed by atoms with Crippen molar-refractivity contribution in [1.82, 2.24) is 14.9 Å². The van der Waals surface area contributed by atoms with E-state index in [1.54, 1.807) is 39.0 Å². The summed E-state index contributed by atoms with van der Waals surface area (Å²) < 4.78 is 36.0. The van der Waals surface area contributed by atoms with Crippen molar-refractivity contribution in [3.63, 3.8) is 0 Å². The quantitative estimate of drug-likeness (QED) is 0.648. The first kappa shape index (κ1) is 21.2. The van der Waals surface area contributed by atoms with Crippen LogP contribution in [0.2, 0.25) is 0 Å². The zero-order valence-corrected chi connectivity index (χ0v) is 17.7. The van der Waals surface area contributed by atoms with Crippen LogP contribution in [0.3, 0.4) is 0 Å². The van der Waals surface area contributed by atoms with Gasteiger partial charge in [0.1, 0.15) is 23.5 Å². The molecule has 6 nitrogen and oxygen atoms in total. The lowest BCUT2D eigenvalue weighted by Crippen LogP contribution is -2.49. The molecule has 1 aromatic carbocycles. The monoisotopic (exact) mass is 429 g/mol. The predicted molar refractivity (Wildman–Crippen MR) is 111 cm³/mol. The lowest BCUT2D eigenvalue weighted by Gasteiger charge is -2.36. The van der Waals surface area contributed by atoms with E-state index in [1.165, 1.54) is 22.8 Å². The van der Waals surface area contributed by atoms with Crippen molar-refractivity contribution >= 4 is 11.4 Å². The Morgan fingerprint density at radius 3 is 2.55 bits per heavy atom. The first-order chi connectivity index (χ1) is 14.7. The molecular formula is C23H25F2N3O3. The van der Waals surface area contributed by atoms with E-state index in [2.05, 4.69) is 10.4 Å². The van der Waals surface area contributed by atoms with Gasteiger partial charge in [0, 0.05) is 36.6 Å². The Morgan fingerprint density at radius 1 is 1.26 bits per heavy atom. The number of nitrogens with one attached hydrogen (secondary N) is 1. The fourth-order valence-electron chi connectivity index (χ4n) is 3.93. The van der Waals surface area contributed by atoms with Crippen LogP contribution in [-0.2, 0) is 12.0 Å². The molecule has 2 heterocycles.